The number of carbonyl (C=O) groups excluding carboxylic acids is 1. The van der Waals surface area contributed by atoms with Crippen molar-refractivity contribution in [1.82, 2.24) is 24.5 Å². The van der Waals surface area contributed by atoms with Gasteiger partial charge in [-0.2, -0.15) is 4.98 Å². The van der Waals surface area contributed by atoms with Crippen molar-refractivity contribution in [3.8, 4) is 0 Å². The molecule has 1 atom stereocenters. The second-order valence-corrected chi connectivity index (χ2v) is 12.4. The Morgan fingerprint density at radius 1 is 1.05 bits per heavy atom. The van der Waals surface area contributed by atoms with Crippen molar-refractivity contribution < 1.29 is 14.6 Å². The lowest BCUT2D eigenvalue weighted by molar-refractivity contribution is -0.167. The van der Waals surface area contributed by atoms with Gasteiger partial charge < -0.3 is 9.84 Å². The second-order valence-electron chi connectivity index (χ2n) is 12.4. The number of aromatic nitrogens is 4. The van der Waals surface area contributed by atoms with E-state index in [9.17, 15) is 9.90 Å². The standard InChI is InChI=1S/C33H43N5O3/c1-4-25-18-24(11-12-26(25)21-37-15-7-8-16-37)13-14-33(27-9-5-6-10-27)20-29(39)28(31(40)41-33)19-30-35-32-34-22(2)17-23(3)38(32)36-30/h11-12,17-18,27,39H,4-10,13-16,19-21H2,1-3H3. The molecule has 2 fully saturated rings. The van der Waals surface area contributed by atoms with E-state index in [4.69, 9.17) is 4.74 Å². The van der Waals surface area contributed by atoms with Gasteiger partial charge in [0.1, 0.15) is 11.4 Å². The lowest BCUT2D eigenvalue weighted by atomic mass is 9.76. The van der Waals surface area contributed by atoms with E-state index in [-0.39, 0.29) is 23.7 Å². The van der Waals surface area contributed by atoms with Crippen LogP contribution in [0.25, 0.3) is 5.78 Å². The molecule has 4 heterocycles. The van der Waals surface area contributed by atoms with E-state index < -0.39 is 11.6 Å². The number of likely N-dealkylation sites (tertiary alicyclic amines) is 1. The van der Waals surface area contributed by atoms with Gasteiger partial charge >= 0.3 is 5.97 Å². The molecule has 2 aromatic heterocycles. The fourth-order valence-corrected chi connectivity index (χ4v) is 7.28. The van der Waals surface area contributed by atoms with Crippen molar-refractivity contribution in [3.05, 3.63) is 69.5 Å². The molecule has 1 aromatic carbocycles. The van der Waals surface area contributed by atoms with Gasteiger partial charge in [-0.1, -0.05) is 38.0 Å². The maximum Gasteiger partial charge on any atom is 0.338 e. The van der Waals surface area contributed by atoms with Crippen LogP contribution >= 0.6 is 0 Å². The number of aryl methyl sites for hydroxylation is 4. The average molecular weight is 558 g/mol. The molecule has 8 nitrogen and oxygen atoms in total. The summed E-state index contributed by atoms with van der Waals surface area (Å²) in [6.07, 6.45) is 9.98. The Balaban J connectivity index is 1.21. The van der Waals surface area contributed by atoms with Crippen LogP contribution in [0.5, 0.6) is 0 Å². The fraction of sp³-hybridized carbons (Fsp3) is 0.576. The van der Waals surface area contributed by atoms with Crippen LogP contribution < -0.4 is 0 Å². The summed E-state index contributed by atoms with van der Waals surface area (Å²) in [5.41, 5.74) is 5.50. The van der Waals surface area contributed by atoms with Gasteiger partial charge in [0, 0.05) is 30.8 Å². The van der Waals surface area contributed by atoms with E-state index in [2.05, 4.69) is 45.1 Å². The molecular weight excluding hydrogens is 514 g/mol. The smallest absolute Gasteiger partial charge is 0.338 e. The summed E-state index contributed by atoms with van der Waals surface area (Å²) in [6, 6.07) is 8.85. The highest BCUT2D eigenvalue weighted by molar-refractivity contribution is 5.90. The van der Waals surface area contributed by atoms with E-state index in [1.807, 2.05) is 19.9 Å². The predicted molar refractivity (Wildman–Crippen MR) is 158 cm³/mol. The van der Waals surface area contributed by atoms with Crippen molar-refractivity contribution >= 4 is 11.7 Å². The molecule has 3 aliphatic rings. The van der Waals surface area contributed by atoms with Crippen LogP contribution in [0.1, 0.15) is 92.2 Å². The van der Waals surface area contributed by atoms with Crippen molar-refractivity contribution in [2.24, 2.45) is 5.92 Å². The summed E-state index contributed by atoms with van der Waals surface area (Å²) in [5.74, 6) is 0.913. The Bertz CT molecular complexity index is 1470. The number of aliphatic hydroxyl groups is 1. The third kappa shape index (κ3) is 5.76. The van der Waals surface area contributed by atoms with Gasteiger partial charge in [-0.3, -0.25) is 4.90 Å². The molecule has 0 bridgehead atoms. The first kappa shape index (κ1) is 27.9. The lowest BCUT2D eigenvalue weighted by Crippen LogP contribution is -2.46. The number of cyclic esters (lactones) is 1. The highest BCUT2D eigenvalue weighted by Crippen LogP contribution is 2.46. The van der Waals surface area contributed by atoms with Crippen LogP contribution in [0.2, 0.25) is 0 Å². The quantitative estimate of drug-likeness (QED) is 0.334. The Labute approximate surface area is 242 Å². The third-order valence-corrected chi connectivity index (χ3v) is 9.53. The monoisotopic (exact) mass is 557 g/mol. The first-order valence-corrected chi connectivity index (χ1v) is 15.5. The van der Waals surface area contributed by atoms with Crippen LogP contribution in [-0.4, -0.2) is 54.2 Å². The number of ether oxygens (including phenoxy) is 1. The van der Waals surface area contributed by atoms with Crippen molar-refractivity contribution in [2.75, 3.05) is 13.1 Å². The molecule has 218 valence electrons. The molecule has 0 spiro atoms. The van der Waals surface area contributed by atoms with Crippen LogP contribution in [0, 0.1) is 19.8 Å². The molecule has 8 heteroatoms. The molecule has 41 heavy (non-hydrogen) atoms. The fourth-order valence-electron chi connectivity index (χ4n) is 7.28. The SMILES string of the molecule is CCc1cc(CCC2(C3CCCC3)CC(O)=C(Cc3nc4nc(C)cc(C)n4n3)C(=O)O2)ccc1CN1CCCC1. The molecule has 3 aromatic rings. The van der Waals surface area contributed by atoms with Gasteiger partial charge in [0.2, 0.25) is 0 Å². The molecule has 2 aliphatic heterocycles. The summed E-state index contributed by atoms with van der Waals surface area (Å²) in [4.78, 5) is 25.0. The topological polar surface area (TPSA) is 92.8 Å². The number of rotatable bonds is 9. The number of benzene rings is 1. The highest BCUT2D eigenvalue weighted by Gasteiger charge is 2.48. The largest absolute Gasteiger partial charge is 0.512 e. The van der Waals surface area contributed by atoms with Crippen molar-refractivity contribution in [1.29, 1.82) is 0 Å². The molecular formula is C33H43N5O3. The molecule has 6 rings (SSSR count). The minimum absolute atomic E-state index is 0.128. The minimum atomic E-state index is -0.677. The van der Waals surface area contributed by atoms with Gasteiger partial charge in [0.15, 0.2) is 5.82 Å². The predicted octanol–water partition coefficient (Wildman–Crippen LogP) is 5.76. The third-order valence-electron chi connectivity index (χ3n) is 9.53. The second kappa shape index (κ2) is 11.6. The summed E-state index contributed by atoms with van der Waals surface area (Å²) < 4.78 is 8.06. The van der Waals surface area contributed by atoms with Gasteiger partial charge in [-0.15, -0.1) is 5.10 Å². The normalized spacial score (nSPS) is 22.3. The Morgan fingerprint density at radius 2 is 1.83 bits per heavy atom. The Kier molecular flexibility index (Phi) is 7.86. The lowest BCUT2D eigenvalue weighted by Gasteiger charge is -2.41. The zero-order valence-corrected chi connectivity index (χ0v) is 24.8. The summed E-state index contributed by atoms with van der Waals surface area (Å²) in [6.45, 7) is 9.53. The number of hydrogen-bond acceptors (Lipinski definition) is 7. The summed E-state index contributed by atoms with van der Waals surface area (Å²) >= 11 is 0. The van der Waals surface area contributed by atoms with Gasteiger partial charge in [-0.25, -0.2) is 14.3 Å². The number of carbonyl (C=O) groups is 1. The van der Waals surface area contributed by atoms with Gasteiger partial charge in [0.05, 0.1) is 5.57 Å². The van der Waals surface area contributed by atoms with E-state index >= 15 is 0 Å². The highest BCUT2D eigenvalue weighted by atomic mass is 16.6. The average Bonchev–Trinajstić information content (AvgIpc) is 3.73. The molecule has 1 saturated carbocycles. The summed E-state index contributed by atoms with van der Waals surface area (Å²) in [7, 11) is 0. The van der Waals surface area contributed by atoms with Crippen LogP contribution in [0.3, 0.4) is 0 Å². The number of hydrogen-bond donors (Lipinski definition) is 1. The first-order chi connectivity index (χ1) is 19.8. The first-order valence-electron chi connectivity index (χ1n) is 15.5. The molecule has 0 radical (unpaired) electrons. The molecule has 1 aliphatic carbocycles. The molecule has 1 unspecified atom stereocenters. The molecule has 1 saturated heterocycles. The van der Waals surface area contributed by atoms with Crippen LogP contribution in [0.4, 0.5) is 0 Å². The Hall–Kier alpha value is -3.26. The minimum Gasteiger partial charge on any atom is -0.512 e. The molecule has 1 N–H and O–H groups in total. The number of aliphatic hydroxyl groups excluding tert-OH is 1. The summed E-state index contributed by atoms with van der Waals surface area (Å²) in [5, 5.41) is 15.9. The van der Waals surface area contributed by atoms with Gasteiger partial charge in [-0.05, 0) is 101 Å². The van der Waals surface area contributed by atoms with Crippen molar-refractivity contribution in [3.63, 3.8) is 0 Å². The number of esters is 1. The number of fused-ring (bicyclic) bond motifs is 1. The van der Waals surface area contributed by atoms with E-state index in [1.54, 1.807) is 4.52 Å². The zero-order chi connectivity index (χ0) is 28.6. The Morgan fingerprint density at radius 3 is 2.56 bits per heavy atom. The van der Waals surface area contributed by atoms with Gasteiger partial charge in [0.25, 0.3) is 5.78 Å². The molecule has 0 amide bonds. The van der Waals surface area contributed by atoms with Crippen LogP contribution in [-0.2, 0) is 35.3 Å². The van der Waals surface area contributed by atoms with Crippen molar-refractivity contribution in [2.45, 2.75) is 104 Å². The van der Waals surface area contributed by atoms with E-state index in [1.165, 1.54) is 42.6 Å². The van der Waals surface area contributed by atoms with Crippen LogP contribution in [0.15, 0.2) is 35.6 Å². The maximum absolute atomic E-state index is 13.5. The maximum atomic E-state index is 13.5. The zero-order valence-electron chi connectivity index (χ0n) is 24.8. The van der Waals surface area contributed by atoms with E-state index in [0.29, 0.717) is 24.4 Å². The van der Waals surface area contributed by atoms with E-state index in [0.717, 1.165) is 56.5 Å². The number of nitrogens with zero attached hydrogens (tertiary/aromatic N) is 5.